The number of hydrogen-bond donors (Lipinski definition) is 1. The van der Waals surface area contributed by atoms with Crippen LogP contribution >= 0.6 is 23.2 Å². The van der Waals surface area contributed by atoms with Crippen molar-refractivity contribution in [3.05, 3.63) is 69.2 Å². The van der Waals surface area contributed by atoms with Crippen LogP contribution in [-0.4, -0.2) is 16.8 Å². The molecule has 2 aliphatic rings. The molecule has 1 atom stereocenters. The Bertz CT molecular complexity index is 868. The molecule has 1 fully saturated rings. The normalized spacial score (nSPS) is 22.2. The van der Waals surface area contributed by atoms with Crippen molar-refractivity contribution in [3.8, 4) is 0 Å². The van der Waals surface area contributed by atoms with Gasteiger partial charge in [0.1, 0.15) is 5.54 Å². The van der Waals surface area contributed by atoms with E-state index in [0.717, 1.165) is 17.5 Å². The lowest BCUT2D eigenvalue weighted by Gasteiger charge is -2.22. The van der Waals surface area contributed by atoms with Crippen LogP contribution in [0.5, 0.6) is 0 Å². The summed E-state index contributed by atoms with van der Waals surface area (Å²) in [6, 6.07) is 12.4. The Morgan fingerprint density at radius 2 is 1.92 bits per heavy atom. The molecule has 1 aliphatic carbocycles. The minimum absolute atomic E-state index is 0.130. The van der Waals surface area contributed by atoms with E-state index in [0.29, 0.717) is 22.0 Å². The van der Waals surface area contributed by atoms with Gasteiger partial charge in [-0.05, 0) is 41.7 Å². The van der Waals surface area contributed by atoms with Crippen LogP contribution in [0.4, 0.5) is 4.79 Å². The minimum atomic E-state index is -0.938. The number of nitrogens with zero attached hydrogens (tertiary/aromatic N) is 1. The van der Waals surface area contributed by atoms with E-state index in [9.17, 15) is 9.59 Å². The molecule has 2 aromatic carbocycles. The average molecular weight is 361 g/mol. The number of fused-ring (bicyclic) bond motifs is 2. The Labute approximate surface area is 149 Å². The van der Waals surface area contributed by atoms with Gasteiger partial charge >= 0.3 is 6.03 Å². The lowest BCUT2D eigenvalue weighted by atomic mass is 9.92. The lowest BCUT2D eigenvalue weighted by molar-refractivity contribution is -0.132. The van der Waals surface area contributed by atoms with Gasteiger partial charge in [-0.15, -0.1) is 0 Å². The van der Waals surface area contributed by atoms with E-state index in [1.807, 2.05) is 24.3 Å². The van der Waals surface area contributed by atoms with E-state index in [2.05, 4.69) is 5.32 Å². The van der Waals surface area contributed by atoms with Crippen LogP contribution in [0.25, 0.3) is 0 Å². The van der Waals surface area contributed by atoms with Gasteiger partial charge in [0.2, 0.25) is 0 Å². The molecular weight excluding hydrogens is 347 g/mol. The summed E-state index contributed by atoms with van der Waals surface area (Å²) in [4.78, 5) is 26.8. The van der Waals surface area contributed by atoms with Crippen molar-refractivity contribution >= 4 is 35.1 Å². The number of nitrogens with one attached hydrogen (secondary N) is 1. The van der Waals surface area contributed by atoms with E-state index in [1.54, 1.807) is 18.2 Å². The molecule has 1 N–H and O–H groups in total. The summed E-state index contributed by atoms with van der Waals surface area (Å²) in [6.07, 6.45) is 1.36. The highest BCUT2D eigenvalue weighted by Crippen LogP contribution is 2.41. The van der Waals surface area contributed by atoms with Gasteiger partial charge in [-0.25, -0.2) is 4.79 Å². The quantitative estimate of drug-likeness (QED) is 0.826. The second kappa shape index (κ2) is 5.50. The molecule has 2 aromatic rings. The Balaban J connectivity index is 1.68. The van der Waals surface area contributed by atoms with Gasteiger partial charge < -0.3 is 5.32 Å². The average Bonchev–Trinajstić information content (AvgIpc) is 3.04. The van der Waals surface area contributed by atoms with Crippen LogP contribution in [0.3, 0.4) is 0 Å². The number of amides is 3. The van der Waals surface area contributed by atoms with Crippen molar-refractivity contribution in [1.82, 2.24) is 10.2 Å². The number of imide groups is 1. The topological polar surface area (TPSA) is 49.4 Å². The molecule has 0 unspecified atom stereocenters. The van der Waals surface area contributed by atoms with Gasteiger partial charge in [0, 0.05) is 10.0 Å². The van der Waals surface area contributed by atoms with Crippen molar-refractivity contribution < 1.29 is 9.59 Å². The third-order valence-corrected chi connectivity index (χ3v) is 5.35. The third kappa shape index (κ3) is 2.21. The second-order valence-electron chi connectivity index (χ2n) is 6.12. The highest BCUT2D eigenvalue weighted by atomic mass is 35.5. The predicted octanol–water partition coefficient (Wildman–Crippen LogP) is 3.89. The summed E-state index contributed by atoms with van der Waals surface area (Å²) in [5, 5.41) is 3.86. The fourth-order valence-electron chi connectivity index (χ4n) is 3.55. The Morgan fingerprint density at radius 3 is 2.71 bits per heavy atom. The van der Waals surface area contributed by atoms with Crippen molar-refractivity contribution in [3.63, 3.8) is 0 Å². The summed E-state index contributed by atoms with van der Waals surface area (Å²) in [5.74, 6) is -0.219. The molecule has 1 aliphatic heterocycles. The largest absolute Gasteiger partial charge is 0.325 e. The maximum atomic E-state index is 13.1. The van der Waals surface area contributed by atoms with E-state index < -0.39 is 5.54 Å². The fourth-order valence-corrected chi connectivity index (χ4v) is 4.02. The lowest BCUT2D eigenvalue weighted by Crippen LogP contribution is -2.41. The van der Waals surface area contributed by atoms with Gasteiger partial charge in [0.05, 0.1) is 6.54 Å². The van der Waals surface area contributed by atoms with Gasteiger partial charge in [0.15, 0.2) is 0 Å². The Hall–Kier alpha value is -2.04. The number of carbonyl (C=O) groups excluding carboxylic acids is 2. The predicted molar refractivity (Wildman–Crippen MR) is 92.0 cm³/mol. The zero-order chi connectivity index (χ0) is 16.9. The number of rotatable bonds is 2. The Morgan fingerprint density at radius 1 is 1.12 bits per heavy atom. The molecule has 6 heteroatoms. The van der Waals surface area contributed by atoms with Crippen LogP contribution in [0.2, 0.25) is 10.0 Å². The standard InChI is InChI=1S/C18H14Cl2N2O2/c19-13-6-5-12(15(20)9-13)10-22-16(23)18(21-17(22)24)8-7-11-3-1-2-4-14(11)18/h1-6,9H,7-8,10H2,(H,21,24)/t18-/m1/s1. The second-order valence-corrected chi connectivity index (χ2v) is 6.96. The van der Waals surface area contributed by atoms with Crippen LogP contribution in [-0.2, 0) is 23.3 Å². The number of halogens is 2. The first-order chi connectivity index (χ1) is 11.5. The molecule has 0 aromatic heterocycles. The number of aryl methyl sites for hydroxylation is 1. The molecule has 24 heavy (non-hydrogen) atoms. The van der Waals surface area contributed by atoms with Gasteiger partial charge in [-0.2, -0.15) is 0 Å². The number of urea groups is 1. The van der Waals surface area contributed by atoms with Gasteiger partial charge in [0.25, 0.3) is 5.91 Å². The molecule has 0 radical (unpaired) electrons. The third-order valence-electron chi connectivity index (χ3n) is 4.77. The monoisotopic (exact) mass is 360 g/mol. The number of carbonyl (C=O) groups is 2. The molecule has 1 saturated heterocycles. The molecule has 1 heterocycles. The highest BCUT2D eigenvalue weighted by molar-refractivity contribution is 6.35. The summed E-state index contributed by atoms with van der Waals surface area (Å²) >= 11 is 12.1. The Kier molecular flexibility index (Phi) is 3.55. The first-order valence-corrected chi connectivity index (χ1v) is 8.43. The molecule has 122 valence electrons. The first-order valence-electron chi connectivity index (χ1n) is 7.68. The summed E-state index contributed by atoms with van der Waals surface area (Å²) in [5.41, 5.74) is 1.76. The van der Waals surface area contributed by atoms with Gasteiger partial charge in [-0.1, -0.05) is 53.5 Å². The van der Waals surface area contributed by atoms with Crippen molar-refractivity contribution in [2.75, 3.05) is 0 Å². The summed E-state index contributed by atoms with van der Waals surface area (Å²) in [6.45, 7) is 0.130. The maximum absolute atomic E-state index is 13.1. The molecule has 0 bridgehead atoms. The fraction of sp³-hybridized carbons (Fsp3) is 0.222. The van der Waals surface area contributed by atoms with E-state index in [1.165, 1.54) is 4.90 Å². The van der Waals surface area contributed by atoms with Crippen LogP contribution in [0.15, 0.2) is 42.5 Å². The molecule has 0 saturated carbocycles. The van der Waals surface area contributed by atoms with E-state index in [4.69, 9.17) is 23.2 Å². The zero-order valence-electron chi connectivity index (χ0n) is 12.7. The smallest absolute Gasteiger partial charge is 0.319 e. The van der Waals surface area contributed by atoms with Gasteiger partial charge in [-0.3, -0.25) is 9.69 Å². The van der Waals surface area contributed by atoms with Crippen LogP contribution in [0.1, 0.15) is 23.1 Å². The van der Waals surface area contributed by atoms with E-state index in [-0.39, 0.29) is 18.5 Å². The molecule has 3 amide bonds. The summed E-state index contributed by atoms with van der Waals surface area (Å²) < 4.78 is 0. The van der Waals surface area contributed by atoms with Crippen LogP contribution in [0, 0.1) is 0 Å². The summed E-state index contributed by atoms with van der Waals surface area (Å²) in [7, 11) is 0. The maximum Gasteiger partial charge on any atom is 0.325 e. The first kappa shape index (κ1) is 15.5. The SMILES string of the molecule is O=C1N[C@@]2(CCc3ccccc32)C(=O)N1Cc1ccc(Cl)cc1Cl. The zero-order valence-corrected chi connectivity index (χ0v) is 14.2. The van der Waals surface area contributed by atoms with Crippen molar-refractivity contribution in [1.29, 1.82) is 0 Å². The van der Waals surface area contributed by atoms with E-state index >= 15 is 0 Å². The molecule has 4 rings (SSSR count). The number of hydrogen-bond acceptors (Lipinski definition) is 2. The number of benzene rings is 2. The molecular formula is C18H14Cl2N2O2. The van der Waals surface area contributed by atoms with Crippen LogP contribution < -0.4 is 5.32 Å². The van der Waals surface area contributed by atoms with Crippen molar-refractivity contribution in [2.45, 2.75) is 24.9 Å². The molecule has 4 nitrogen and oxygen atoms in total. The molecule has 1 spiro atoms. The minimum Gasteiger partial charge on any atom is -0.319 e. The van der Waals surface area contributed by atoms with Crippen molar-refractivity contribution in [2.24, 2.45) is 0 Å². The highest BCUT2D eigenvalue weighted by Gasteiger charge is 2.55.